The first-order valence-corrected chi connectivity index (χ1v) is 6.14. The topological polar surface area (TPSA) is 12.0 Å². The summed E-state index contributed by atoms with van der Waals surface area (Å²) in [7, 11) is 0. The molecular weight excluding hydrogens is 257 g/mol. The van der Waals surface area contributed by atoms with Gasteiger partial charge in [-0.1, -0.05) is 28.1 Å². The molecule has 0 amide bonds. The van der Waals surface area contributed by atoms with Crippen molar-refractivity contribution in [3.8, 4) is 0 Å². The average Bonchev–Trinajstić information content (AvgIpc) is 2.25. The molecule has 0 spiro atoms. The van der Waals surface area contributed by atoms with E-state index in [1.165, 1.54) is 5.56 Å². The Labute approximate surface area is 98.2 Å². The van der Waals surface area contributed by atoms with Gasteiger partial charge >= 0.3 is 0 Å². The SMILES string of the molecule is FC1CCNCC1Cc1ccc(Br)cc1. The minimum atomic E-state index is -0.644. The second kappa shape index (κ2) is 5.08. The van der Waals surface area contributed by atoms with Gasteiger partial charge in [0.15, 0.2) is 0 Å². The highest BCUT2D eigenvalue weighted by atomic mass is 79.9. The van der Waals surface area contributed by atoms with Crippen molar-refractivity contribution in [1.82, 2.24) is 5.32 Å². The summed E-state index contributed by atoms with van der Waals surface area (Å²) in [5, 5.41) is 3.25. The molecular formula is C12H15BrFN. The van der Waals surface area contributed by atoms with Crippen LogP contribution in [0.3, 0.4) is 0 Å². The zero-order valence-corrected chi connectivity index (χ0v) is 10.1. The van der Waals surface area contributed by atoms with Crippen LogP contribution in [0.15, 0.2) is 28.7 Å². The Morgan fingerprint density at radius 2 is 2.07 bits per heavy atom. The van der Waals surface area contributed by atoms with Crippen molar-refractivity contribution in [1.29, 1.82) is 0 Å². The van der Waals surface area contributed by atoms with Crippen molar-refractivity contribution in [3.05, 3.63) is 34.3 Å². The molecule has 1 fully saturated rings. The Bertz CT molecular complexity index is 312. The maximum absolute atomic E-state index is 13.6. The van der Waals surface area contributed by atoms with Crippen LogP contribution in [0.25, 0.3) is 0 Å². The summed E-state index contributed by atoms with van der Waals surface area (Å²) in [6.07, 6.45) is 0.845. The Balaban J connectivity index is 1.98. The molecule has 1 aliphatic heterocycles. The number of nitrogens with one attached hydrogen (secondary N) is 1. The lowest BCUT2D eigenvalue weighted by Crippen LogP contribution is -2.38. The predicted molar refractivity (Wildman–Crippen MR) is 63.7 cm³/mol. The number of alkyl halides is 1. The van der Waals surface area contributed by atoms with Gasteiger partial charge in [0.2, 0.25) is 0 Å². The van der Waals surface area contributed by atoms with Gasteiger partial charge in [-0.15, -0.1) is 0 Å². The number of hydrogen-bond donors (Lipinski definition) is 1. The molecule has 2 unspecified atom stereocenters. The fraction of sp³-hybridized carbons (Fsp3) is 0.500. The van der Waals surface area contributed by atoms with Crippen LogP contribution in [0.4, 0.5) is 4.39 Å². The first-order chi connectivity index (χ1) is 7.25. The Morgan fingerprint density at radius 1 is 1.33 bits per heavy atom. The van der Waals surface area contributed by atoms with Gasteiger partial charge in [0.25, 0.3) is 0 Å². The summed E-state index contributed by atoms with van der Waals surface area (Å²) < 4.78 is 14.6. The average molecular weight is 272 g/mol. The second-order valence-electron chi connectivity index (χ2n) is 4.10. The van der Waals surface area contributed by atoms with Gasteiger partial charge in [0.1, 0.15) is 6.17 Å². The van der Waals surface area contributed by atoms with E-state index in [0.29, 0.717) is 6.42 Å². The van der Waals surface area contributed by atoms with Crippen LogP contribution in [0.2, 0.25) is 0 Å². The largest absolute Gasteiger partial charge is 0.316 e. The van der Waals surface area contributed by atoms with E-state index >= 15 is 0 Å². The summed E-state index contributed by atoms with van der Waals surface area (Å²) in [6, 6.07) is 8.15. The summed E-state index contributed by atoms with van der Waals surface area (Å²) in [6.45, 7) is 1.62. The molecule has 1 saturated heterocycles. The number of piperidine rings is 1. The molecule has 0 saturated carbocycles. The minimum absolute atomic E-state index is 0.139. The molecule has 82 valence electrons. The van der Waals surface area contributed by atoms with Crippen molar-refractivity contribution >= 4 is 15.9 Å². The molecule has 1 heterocycles. The third-order valence-corrected chi connectivity index (χ3v) is 3.45. The van der Waals surface area contributed by atoms with Gasteiger partial charge in [-0.2, -0.15) is 0 Å². The molecule has 0 bridgehead atoms. The predicted octanol–water partition coefficient (Wildman–Crippen LogP) is 2.94. The second-order valence-corrected chi connectivity index (χ2v) is 5.02. The van der Waals surface area contributed by atoms with Gasteiger partial charge in [-0.25, -0.2) is 4.39 Å². The van der Waals surface area contributed by atoms with Crippen LogP contribution >= 0.6 is 15.9 Å². The lowest BCUT2D eigenvalue weighted by Gasteiger charge is -2.26. The molecule has 0 aromatic heterocycles. The van der Waals surface area contributed by atoms with Crippen LogP contribution in [-0.4, -0.2) is 19.3 Å². The van der Waals surface area contributed by atoms with Crippen LogP contribution in [-0.2, 0) is 6.42 Å². The van der Waals surface area contributed by atoms with Crippen molar-refractivity contribution in [2.24, 2.45) is 5.92 Å². The molecule has 1 N–H and O–H groups in total. The lowest BCUT2D eigenvalue weighted by atomic mass is 9.91. The standard InChI is InChI=1S/C12H15BrFN/c13-11-3-1-9(2-4-11)7-10-8-15-6-5-12(10)14/h1-4,10,12,15H,5-8H2. The van der Waals surface area contributed by atoms with Crippen LogP contribution < -0.4 is 5.32 Å². The van der Waals surface area contributed by atoms with Gasteiger partial charge in [-0.05, 0) is 37.1 Å². The van der Waals surface area contributed by atoms with Crippen molar-refractivity contribution in [3.63, 3.8) is 0 Å². The molecule has 2 atom stereocenters. The van der Waals surface area contributed by atoms with E-state index in [9.17, 15) is 4.39 Å². The van der Waals surface area contributed by atoms with E-state index in [0.717, 1.165) is 24.0 Å². The first-order valence-electron chi connectivity index (χ1n) is 5.35. The Hall–Kier alpha value is -0.410. The van der Waals surface area contributed by atoms with Gasteiger partial charge in [-0.3, -0.25) is 0 Å². The van der Waals surface area contributed by atoms with E-state index < -0.39 is 6.17 Å². The minimum Gasteiger partial charge on any atom is -0.316 e. The summed E-state index contributed by atoms with van der Waals surface area (Å²) in [5.41, 5.74) is 1.22. The third kappa shape index (κ3) is 3.02. The molecule has 15 heavy (non-hydrogen) atoms. The van der Waals surface area contributed by atoms with Crippen LogP contribution in [0, 0.1) is 5.92 Å². The van der Waals surface area contributed by atoms with Crippen LogP contribution in [0.1, 0.15) is 12.0 Å². The highest BCUT2D eigenvalue weighted by molar-refractivity contribution is 9.10. The van der Waals surface area contributed by atoms with Gasteiger partial charge in [0.05, 0.1) is 0 Å². The first kappa shape index (κ1) is 11.1. The Morgan fingerprint density at radius 3 is 2.73 bits per heavy atom. The normalized spacial score (nSPS) is 26.5. The van der Waals surface area contributed by atoms with Crippen molar-refractivity contribution in [2.45, 2.75) is 19.0 Å². The third-order valence-electron chi connectivity index (χ3n) is 2.93. The highest BCUT2D eigenvalue weighted by Crippen LogP contribution is 2.21. The van der Waals surface area contributed by atoms with Crippen LogP contribution in [0.5, 0.6) is 0 Å². The number of hydrogen-bond acceptors (Lipinski definition) is 1. The monoisotopic (exact) mass is 271 g/mol. The molecule has 1 aromatic rings. The van der Waals surface area contributed by atoms with Gasteiger partial charge < -0.3 is 5.32 Å². The summed E-state index contributed by atoms with van der Waals surface area (Å²) >= 11 is 3.40. The van der Waals surface area contributed by atoms with E-state index in [1.54, 1.807) is 0 Å². The summed E-state index contributed by atoms with van der Waals surface area (Å²) in [4.78, 5) is 0. The fourth-order valence-corrected chi connectivity index (χ4v) is 2.28. The maximum atomic E-state index is 13.6. The molecule has 0 aliphatic carbocycles. The molecule has 1 aliphatic rings. The molecule has 2 rings (SSSR count). The zero-order chi connectivity index (χ0) is 10.7. The number of halogens is 2. The van der Waals surface area contributed by atoms with E-state index in [-0.39, 0.29) is 5.92 Å². The fourth-order valence-electron chi connectivity index (χ4n) is 2.01. The maximum Gasteiger partial charge on any atom is 0.106 e. The molecule has 3 heteroatoms. The lowest BCUT2D eigenvalue weighted by molar-refractivity contribution is 0.178. The zero-order valence-electron chi connectivity index (χ0n) is 8.55. The molecule has 0 radical (unpaired) electrons. The molecule has 1 aromatic carbocycles. The van der Waals surface area contributed by atoms with E-state index in [1.807, 2.05) is 12.1 Å². The smallest absolute Gasteiger partial charge is 0.106 e. The number of rotatable bonds is 2. The summed E-state index contributed by atoms with van der Waals surface area (Å²) in [5.74, 6) is 0.139. The van der Waals surface area contributed by atoms with E-state index in [2.05, 4.69) is 33.4 Å². The van der Waals surface area contributed by atoms with Gasteiger partial charge in [0, 0.05) is 16.9 Å². The van der Waals surface area contributed by atoms with Crippen molar-refractivity contribution < 1.29 is 4.39 Å². The number of benzene rings is 1. The quantitative estimate of drug-likeness (QED) is 0.872. The van der Waals surface area contributed by atoms with E-state index in [4.69, 9.17) is 0 Å². The highest BCUT2D eigenvalue weighted by Gasteiger charge is 2.24. The molecule has 1 nitrogen and oxygen atoms in total. The Kier molecular flexibility index (Phi) is 3.76. The van der Waals surface area contributed by atoms with Crippen molar-refractivity contribution in [2.75, 3.05) is 13.1 Å².